The lowest BCUT2D eigenvalue weighted by atomic mass is 10.1. The van der Waals surface area contributed by atoms with Crippen LogP contribution in [0.3, 0.4) is 0 Å². The number of hydrogen-bond donors (Lipinski definition) is 0. The van der Waals surface area contributed by atoms with Gasteiger partial charge >= 0.3 is 0 Å². The zero-order valence-corrected chi connectivity index (χ0v) is 16.8. The van der Waals surface area contributed by atoms with Crippen molar-refractivity contribution in [2.24, 2.45) is 0 Å². The maximum absolute atomic E-state index is 12.9. The molecule has 0 unspecified atom stereocenters. The molecule has 6 heteroatoms. The molecule has 0 aromatic heterocycles. The van der Waals surface area contributed by atoms with Gasteiger partial charge in [0.1, 0.15) is 6.54 Å². The maximum atomic E-state index is 12.9. The van der Waals surface area contributed by atoms with Crippen LogP contribution in [-0.4, -0.2) is 33.7 Å². The fraction of sp³-hybridized carbons (Fsp3) is 0.350. The monoisotopic (exact) mass is 374 g/mol. The third kappa shape index (κ3) is 4.85. The molecule has 0 spiro atoms. The Hall–Kier alpha value is -2.34. The Kier molecular flexibility index (Phi) is 6.08. The summed E-state index contributed by atoms with van der Waals surface area (Å²) in [5, 5.41) is 0. The molecule has 0 saturated heterocycles. The van der Waals surface area contributed by atoms with Crippen LogP contribution in [0.15, 0.2) is 42.5 Å². The number of nitrogens with zero attached hydrogens (tertiary/aromatic N) is 2. The van der Waals surface area contributed by atoms with E-state index in [4.69, 9.17) is 0 Å². The van der Waals surface area contributed by atoms with Crippen LogP contribution < -0.4 is 9.21 Å². The maximum Gasteiger partial charge on any atom is 0.247 e. The molecule has 5 nitrogen and oxygen atoms in total. The Labute approximate surface area is 156 Å². The predicted octanol–water partition coefficient (Wildman–Crippen LogP) is 3.43. The molecule has 0 atom stereocenters. The van der Waals surface area contributed by atoms with Gasteiger partial charge in [0.05, 0.1) is 11.9 Å². The second-order valence-electron chi connectivity index (χ2n) is 6.59. The molecule has 0 fully saturated rings. The number of aryl methyl sites for hydroxylation is 3. The van der Waals surface area contributed by atoms with Crippen LogP contribution in [-0.2, 0) is 14.8 Å². The summed E-state index contributed by atoms with van der Waals surface area (Å²) in [7, 11) is -3.59. The highest BCUT2D eigenvalue weighted by Gasteiger charge is 2.24. The van der Waals surface area contributed by atoms with Crippen molar-refractivity contribution in [3.8, 4) is 0 Å². The van der Waals surface area contributed by atoms with Crippen molar-refractivity contribution < 1.29 is 13.2 Å². The normalized spacial score (nSPS) is 11.3. The minimum Gasteiger partial charge on any atom is -0.311 e. The highest BCUT2D eigenvalue weighted by molar-refractivity contribution is 7.92. The van der Waals surface area contributed by atoms with Gasteiger partial charge in [-0.05, 0) is 68.7 Å². The van der Waals surface area contributed by atoms with E-state index >= 15 is 0 Å². The van der Waals surface area contributed by atoms with Crippen LogP contribution in [0.25, 0.3) is 0 Å². The van der Waals surface area contributed by atoms with Crippen LogP contribution in [0.1, 0.15) is 23.6 Å². The van der Waals surface area contributed by atoms with Gasteiger partial charge in [-0.3, -0.25) is 9.10 Å². The first kappa shape index (κ1) is 20.0. The van der Waals surface area contributed by atoms with Crippen molar-refractivity contribution in [1.82, 2.24) is 0 Å². The third-order valence-corrected chi connectivity index (χ3v) is 5.24. The largest absolute Gasteiger partial charge is 0.311 e. The van der Waals surface area contributed by atoms with Gasteiger partial charge in [0.25, 0.3) is 0 Å². The van der Waals surface area contributed by atoms with E-state index in [1.54, 1.807) is 17.0 Å². The Morgan fingerprint density at radius 2 is 1.50 bits per heavy atom. The minimum absolute atomic E-state index is 0.233. The number of sulfonamides is 1. The van der Waals surface area contributed by atoms with Gasteiger partial charge in [-0.1, -0.05) is 18.2 Å². The number of carbonyl (C=O) groups excluding carboxylic acids is 1. The van der Waals surface area contributed by atoms with Gasteiger partial charge in [-0.15, -0.1) is 0 Å². The van der Waals surface area contributed by atoms with Crippen LogP contribution >= 0.6 is 0 Å². The molecule has 0 aliphatic rings. The van der Waals surface area contributed by atoms with Crippen molar-refractivity contribution in [2.75, 3.05) is 28.6 Å². The molecule has 0 bridgehead atoms. The van der Waals surface area contributed by atoms with E-state index in [0.29, 0.717) is 12.2 Å². The lowest BCUT2D eigenvalue weighted by Gasteiger charge is -2.27. The van der Waals surface area contributed by atoms with Gasteiger partial charge in [0.2, 0.25) is 15.9 Å². The number of amides is 1. The number of benzene rings is 2. The van der Waals surface area contributed by atoms with Crippen molar-refractivity contribution in [3.05, 3.63) is 59.2 Å². The summed E-state index contributed by atoms with van der Waals surface area (Å²) in [6.07, 6.45) is 1.13. The lowest BCUT2D eigenvalue weighted by molar-refractivity contribution is -0.117. The summed E-state index contributed by atoms with van der Waals surface area (Å²) in [5.74, 6) is -0.261. The Bertz CT molecular complexity index is 887. The van der Waals surface area contributed by atoms with E-state index in [-0.39, 0.29) is 12.5 Å². The molecule has 140 valence electrons. The van der Waals surface area contributed by atoms with Gasteiger partial charge in [0.15, 0.2) is 0 Å². The van der Waals surface area contributed by atoms with Crippen LogP contribution in [0.2, 0.25) is 0 Å². The average Bonchev–Trinajstić information content (AvgIpc) is 2.51. The molecule has 2 aromatic carbocycles. The standard InChI is InChI=1S/C20H26N2O3S/c1-6-21(18-9-7-8-15(2)11-18)20(23)14-22(26(5,24)25)19-12-16(3)10-17(4)13-19/h7-13H,6,14H2,1-5H3. The fourth-order valence-corrected chi connectivity index (χ4v) is 3.83. The topological polar surface area (TPSA) is 57.7 Å². The van der Waals surface area contributed by atoms with E-state index in [1.165, 1.54) is 4.31 Å². The Balaban J connectivity index is 2.37. The molecule has 0 N–H and O–H groups in total. The summed E-state index contributed by atoms with van der Waals surface area (Å²) in [6, 6.07) is 13.2. The Morgan fingerprint density at radius 1 is 0.923 bits per heavy atom. The van der Waals surface area contributed by atoms with Crippen molar-refractivity contribution in [2.45, 2.75) is 27.7 Å². The molecule has 26 heavy (non-hydrogen) atoms. The summed E-state index contributed by atoms with van der Waals surface area (Å²) in [6.45, 7) is 7.88. The number of carbonyl (C=O) groups is 1. The fourth-order valence-electron chi connectivity index (χ4n) is 3.00. The molecular weight excluding hydrogens is 348 g/mol. The summed E-state index contributed by atoms with van der Waals surface area (Å²) < 4.78 is 25.9. The van der Waals surface area contributed by atoms with Gasteiger partial charge in [-0.2, -0.15) is 0 Å². The quantitative estimate of drug-likeness (QED) is 0.778. The first-order chi connectivity index (χ1) is 12.1. The highest BCUT2D eigenvalue weighted by Crippen LogP contribution is 2.23. The zero-order valence-electron chi connectivity index (χ0n) is 16.0. The van der Waals surface area contributed by atoms with Crippen molar-refractivity contribution in [3.63, 3.8) is 0 Å². The molecule has 0 radical (unpaired) electrons. The molecular formula is C20H26N2O3S. The minimum atomic E-state index is -3.59. The Morgan fingerprint density at radius 3 is 2.00 bits per heavy atom. The number of anilines is 2. The summed E-state index contributed by atoms with van der Waals surface area (Å²) >= 11 is 0. The third-order valence-electron chi connectivity index (χ3n) is 4.10. The average molecular weight is 375 g/mol. The summed E-state index contributed by atoms with van der Waals surface area (Å²) in [5.41, 5.74) is 4.23. The molecule has 2 rings (SSSR count). The van der Waals surface area contributed by atoms with Gasteiger partial charge in [-0.25, -0.2) is 8.42 Å². The van der Waals surface area contributed by atoms with Gasteiger partial charge < -0.3 is 4.90 Å². The number of hydrogen-bond acceptors (Lipinski definition) is 3. The molecule has 0 heterocycles. The van der Waals surface area contributed by atoms with Crippen LogP contribution in [0.5, 0.6) is 0 Å². The summed E-state index contributed by atoms with van der Waals surface area (Å²) in [4.78, 5) is 14.5. The van der Waals surface area contributed by atoms with E-state index in [1.807, 2.05) is 58.0 Å². The van der Waals surface area contributed by atoms with E-state index < -0.39 is 10.0 Å². The highest BCUT2D eigenvalue weighted by atomic mass is 32.2. The second kappa shape index (κ2) is 7.91. The molecule has 2 aromatic rings. The van der Waals surface area contributed by atoms with Crippen LogP contribution in [0.4, 0.5) is 11.4 Å². The predicted molar refractivity (Wildman–Crippen MR) is 107 cm³/mol. The SMILES string of the molecule is CCN(C(=O)CN(c1cc(C)cc(C)c1)S(C)(=O)=O)c1cccc(C)c1. The van der Waals surface area contributed by atoms with Crippen molar-refractivity contribution in [1.29, 1.82) is 0 Å². The molecule has 0 aliphatic heterocycles. The molecule has 0 aliphatic carbocycles. The zero-order chi connectivity index (χ0) is 19.5. The van der Waals surface area contributed by atoms with E-state index in [9.17, 15) is 13.2 Å². The second-order valence-corrected chi connectivity index (χ2v) is 8.50. The number of rotatable bonds is 6. The van der Waals surface area contributed by atoms with Gasteiger partial charge in [0, 0.05) is 12.2 Å². The van der Waals surface area contributed by atoms with Crippen LogP contribution in [0, 0.1) is 20.8 Å². The molecule has 0 saturated carbocycles. The van der Waals surface area contributed by atoms with E-state index in [2.05, 4.69) is 0 Å². The number of likely N-dealkylation sites (N-methyl/N-ethyl adjacent to an activating group) is 1. The first-order valence-corrected chi connectivity index (χ1v) is 10.4. The van der Waals surface area contributed by atoms with Crippen molar-refractivity contribution >= 4 is 27.3 Å². The lowest BCUT2D eigenvalue weighted by Crippen LogP contribution is -2.43. The molecule has 1 amide bonds. The first-order valence-electron chi connectivity index (χ1n) is 8.55. The smallest absolute Gasteiger partial charge is 0.247 e. The van der Waals surface area contributed by atoms with E-state index in [0.717, 1.165) is 28.6 Å².